The maximum Gasteiger partial charge on any atom is 0.400 e. The number of nitrogens with one attached hydrogen (secondary N) is 1. The van der Waals surface area contributed by atoms with Crippen molar-refractivity contribution in [2.24, 2.45) is 10.8 Å². The Kier molecular flexibility index (Phi) is 11.9. The van der Waals surface area contributed by atoms with E-state index in [9.17, 15) is 36.3 Å². The number of ether oxygens (including phenoxy) is 2. The van der Waals surface area contributed by atoms with E-state index in [4.69, 9.17) is 21.1 Å². The van der Waals surface area contributed by atoms with E-state index in [2.05, 4.69) is 5.32 Å². The number of methoxy groups -OCH3 is 1. The Morgan fingerprint density at radius 1 is 1.00 bits per heavy atom. The van der Waals surface area contributed by atoms with Gasteiger partial charge in [-0.1, -0.05) is 36.6 Å². The Bertz CT molecular complexity index is 1340. The zero-order chi connectivity index (χ0) is 32.7. The van der Waals surface area contributed by atoms with Crippen molar-refractivity contribution in [3.8, 4) is 5.75 Å². The molecular formula is C32H37ClF5NO5. The first kappa shape index (κ1) is 35.4. The van der Waals surface area contributed by atoms with E-state index in [-0.39, 0.29) is 46.6 Å². The number of rotatable bonds is 15. The van der Waals surface area contributed by atoms with Gasteiger partial charge < -0.3 is 14.8 Å². The molecule has 44 heavy (non-hydrogen) atoms. The largest absolute Gasteiger partial charge is 0.487 e. The molecule has 0 spiro atoms. The first-order chi connectivity index (χ1) is 20.6. The van der Waals surface area contributed by atoms with Crippen molar-refractivity contribution in [1.82, 2.24) is 5.32 Å². The second-order valence-corrected chi connectivity index (χ2v) is 12.2. The van der Waals surface area contributed by atoms with Crippen LogP contribution >= 0.6 is 11.6 Å². The molecule has 242 valence electrons. The molecule has 12 heteroatoms. The second-order valence-electron chi connectivity index (χ2n) is 11.8. The fraction of sp³-hybridized carbons (Fsp3) is 0.531. The number of alkyl halides is 5. The number of amides is 1. The summed E-state index contributed by atoms with van der Waals surface area (Å²) in [6.45, 7) is 1.53. The topological polar surface area (TPSA) is 81.7 Å². The van der Waals surface area contributed by atoms with Gasteiger partial charge in [0.2, 0.25) is 0 Å². The van der Waals surface area contributed by atoms with Gasteiger partial charge in [-0.25, -0.2) is 8.78 Å². The van der Waals surface area contributed by atoms with Gasteiger partial charge in [-0.3, -0.25) is 14.4 Å². The molecule has 6 nitrogen and oxygen atoms in total. The lowest BCUT2D eigenvalue weighted by Gasteiger charge is -2.28. The van der Waals surface area contributed by atoms with Gasteiger partial charge in [0.15, 0.2) is 5.78 Å². The summed E-state index contributed by atoms with van der Waals surface area (Å²) in [5.74, 6) is -2.03. The molecule has 2 aromatic carbocycles. The first-order valence-corrected chi connectivity index (χ1v) is 14.7. The third kappa shape index (κ3) is 9.00. The van der Waals surface area contributed by atoms with Crippen molar-refractivity contribution in [3.05, 3.63) is 63.7 Å². The monoisotopic (exact) mass is 645 g/mol. The number of halogens is 6. The van der Waals surface area contributed by atoms with Crippen LogP contribution in [-0.4, -0.2) is 56.9 Å². The van der Waals surface area contributed by atoms with Gasteiger partial charge in [-0.05, 0) is 68.5 Å². The number of ketones is 2. The Morgan fingerprint density at radius 3 is 2.25 bits per heavy atom. The van der Waals surface area contributed by atoms with Crippen LogP contribution in [-0.2, 0) is 22.4 Å². The van der Waals surface area contributed by atoms with Crippen LogP contribution in [0.3, 0.4) is 0 Å². The normalized spacial score (nSPS) is 15.0. The number of hydrogen-bond donors (Lipinski definition) is 1. The van der Waals surface area contributed by atoms with Crippen LogP contribution < -0.4 is 10.1 Å². The Balaban J connectivity index is 1.78. The predicted molar refractivity (Wildman–Crippen MR) is 156 cm³/mol. The molecule has 0 aliphatic heterocycles. The number of benzene rings is 2. The van der Waals surface area contributed by atoms with Gasteiger partial charge in [0.25, 0.3) is 12.3 Å². The fourth-order valence-electron chi connectivity index (χ4n) is 5.26. The molecular weight excluding hydrogens is 609 g/mol. The molecule has 0 saturated heterocycles. The van der Waals surface area contributed by atoms with E-state index in [0.717, 1.165) is 39.5 Å². The highest BCUT2D eigenvalue weighted by Crippen LogP contribution is 2.40. The lowest BCUT2D eigenvalue weighted by molar-refractivity contribution is -0.210. The molecule has 0 bridgehead atoms. The smallest absolute Gasteiger partial charge is 0.400 e. The van der Waals surface area contributed by atoms with Crippen molar-refractivity contribution < 1.29 is 45.8 Å². The van der Waals surface area contributed by atoms with E-state index in [1.807, 2.05) is 0 Å². The lowest BCUT2D eigenvalue weighted by Crippen LogP contribution is -2.39. The van der Waals surface area contributed by atoms with E-state index in [1.165, 1.54) is 36.4 Å². The van der Waals surface area contributed by atoms with Gasteiger partial charge in [0.1, 0.15) is 23.6 Å². The number of hydrogen-bond acceptors (Lipinski definition) is 5. The SMILES string of the molecule is COCC1(CNC(=O)c2cc(CC(=O)c3cc(CCC(=O)C(C)(C)C(F)(F)F)ccc3Cl)ccc2OCC(F)F)CCCC1. The fourth-order valence-corrected chi connectivity index (χ4v) is 5.48. The first-order valence-electron chi connectivity index (χ1n) is 14.3. The maximum absolute atomic E-state index is 13.3. The highest BCUT2D eigenvalue weighted by molar-refractivity contribution is 6.34. The number of aryl methyl sites for hydroxylation is 1. The van der Waals surface area contributed by atoms with Crippen molar-refractivity contribution >= 4 is 29.1 Å². The standard InChI is InChI=1S/C32H37ClF5NO5/c1-30(2,32(36,37)38)27(41)11-8-20-6-9-24(33)22(14-20)25(40)16-21-7-10-26(44-17-28(34)35)23(15-21)29(42)39-18-31(19-43-3)12-4-5-13-31/h6-7,9-10,14-15,28H,4-5,8,11-13,16-19H2,1-3H3,(H,39,42). The highest BCUT2D eigenvalue weighted by Gasteiger charge is 2.51. The summed E-state index contributed by atoms with van der Waals surface area (Å²) >= 11 is 6.27. The summed E-state index contributed by atoms with van der Waals surface area (Å²) in [6.07, 6.45) is -4.32. The summed E-state index contributed by atoms with van der Waals surface area (Å²) in [5.41, 5.74) is -1.80. The molecule has 3 rings (SSSR count). The minimum absolute atomic E-state index is 0.00727. The molecule has 0 radical (unpaired) electrons. The summed E-state index contributed by atoms with van der Waals surface area (Å²) in [7, 11) is 1.59. The molecule has 0 unspecified atom stereocenters. The predicted octanol–water partition coefficient (Wildman–Crippen LogP) is 7.44. The van der Waals surface area contributed by atoms with Crippen LogP contribution in [0, 0.1) is 10.8 Å². The Labute approximate surface area is 258 Å². The third-order valence-corrected chi connectivity index (χ3v) is 8.46. The van der Waals surface area contributed by atoms with E-state index >= 15 is 0 Å². The molecule has 1 saturated carbocycles. The quantitative estimate of drug-likeness (QED) is 0.161. The van der Waals surface area contributed by atoms with Gasteiger partial charge >= 0.3 is 6.18 Å². The van der Waals surface area contributed by atoms with Crippen molar-refractivity contribution in [3.63, 3.8) is 0 Å². The molecule has 1 aliphatic rings. The Morgan fingerprint density at radius 2 is 1.64 bits per heavy atom. The van der Waals surface area contributed by atoms with Crippen LogP contribution in [0.1, 0.15) is 77.8 Å². The van der Waals surface area contributed by atoms with E-state index < -0.39 is 42.1 Å². The minimum Gasteiger partial charge on any atom is -0.487 e. The Hall–Kier alpha value is -3.05. The molecule has 1 fully saturated rings. The second kappa shape index (κ2) is 14.8. The van der Waals surface area contributed by atoms with E-state index in [1.54, 1.807) is 7.11 Å². The summed E-state index contributed by atoms with van der Waals surface area (Å²) in [6, 6.07) is 8.64. The molecule has 0 heterocycles. The third-order valence-electron chi connectivity index (χ3n) is 8.13. The van der Waals surface area contributed by atoms with Crippen LogP contribution in [0.15, 0.2) is 36.4 Å². The van der Waals surface area contributed by atoms with Crippen molar-refractivity contribution in [1.29, 1.82) is 0 Å². The molecule has 1 amide bonds. The zero-order valence-corrected chi connectivity index (χ0v) is 25.7. The summed E-state index contributed by atoms with van der Waals surface area (Å²) in [5, 5.41) is 2.98. The maximum atomic E-state index is 13.3. The molecule has 1 N–H and O–H groups in total. The van der Waals surface area contributed by atoms with Gasteiger partial charge in [0.05, 0.1) is 17.2 Å². The molecule has 1 aliphatic carbocycles. The average Bonchev–Trinajstić information content (AvgIpc) is 3.42. The van der Waals surface area contributed by atoms with Gasteiger partial charge in [0, 0.05) is 37.5 Å². The lowest BCUT2D eigenvalue weighted by atomic mass is 9.84. The minimum atomic E-state index is -4.69. The van der Waals surface area contributed by atoms with Crippen LogP contribution in [0.5, 0.6) is 5.75 Å². The number of carbonyl (C=O) groups is 3. The van der Waals surface area contributed by atoms with Gasteiger partial charge in [-0.2, -0.15) is 13.2 Å². The van der Waals surface area contributed by atoms with Crippen molar-refractivity contribution in [2.45, 2.75) is 71.4 Å². The number of Topliss-reactive ketones (excluding diaryl/α,β-unsaturated/α-hetero) is 2. The summed E-state index contributed by atoms with van der Waals surface area (Å²) in [4.78, 5) is 38.8. The number of carbonyl (C=O) groups excluding carboxylic acids is 3. The molecule has 0 aromatic heterocycles. The summed E-state index contributed by atoms with van der Waals surface area (Å²) < 4.78 is 76.0. The van der Waals surface area contributed by atoms with Crippen LogP contribution in [0.2, 0.25) is 5.02 Å². The van der Waals surface area contributed by atoms with Crippen LogP contribution in [0.25, 0.3) is 0 Å². The highest BCUT2D eigenvalue weighted by atomic mass is 35.5. The van der Waals surface area contributed by atoms with Gasteiger partial charge in [-0.15, -0.1) is 0 Å². The zero-order valence-electron chi connectivity index (χ0n) is 24.9. The molecule has 0 atom stereocenters. The van der Waals surface area contributed by atoms with Crippen LogP contribution in [0.4, 0.5) is 22.0 Å². The van der Waals surface area contributed by atoms with E-state index in [0.29, 0.717) is 24.3 Å². The average molecular weight is 646 g/mol. The van der Waals surface area contributed by atoms with Crippen molar-refractivity contribution in [2.75, 3.05) is 26.9 Å². The molecule has 2 aromatic rings.